The number of amides is 2. The van der Waals surface area contributed by atoms with Gasteiger partial charge in [0.25, 0.3) is 0 Å². The van der Waals surface area contributed by atoms with Crippen LogP contribution in [-0.2, 0) is 6.54 Å². The van der Waals surface area contributed by atoms with Crippen LogP contribution in [0.2, 0.25) is 10.0 Å². The van der Waals surface area contributed by atoms with E-state index in [0.29, 0.717) is 33.8 Å². The van der Waals surface area contributed by atoms with E-state index in [-0.39, 0.29) is 12.6 Å². The maximum Gasteiger partial charge on any atom is 0.319 e. The molecule has 0 heterocycles. The second-order valence-corrected chi connectivity index (χ2v) is 5.69. The van der Waals surface area contributed by atoms with Crippen LogP contribution >= 0.6 is 23.2 Å². The molecular formula is C17H18Cl2N2O3. The van der Waals surface area contributed by atoms with Gasteiger partial charge in [-0.15, -0.1) is 0 Å². The Bertz CT molecular complexity index is 723. The largest absolute Gasteiger partial charge is 0.493 e. The number of hydrogen-bond acceptors (Lipinski definition) is 3. The highest BCUT2D eigenvalue weighted by atomic mass is 35.5. The molecule has 0 aliphatic heterocycles. The van der Waals surface area contributed by atoms with E-state index in [1.807, 2.05) is 6.92 Å². The fourth-order valence-electron chi connectivity index (χ4n) is 2.04. The third-order valence-corrected chi connectivity index (χ3v) is 3.76. The van der Waals surface area contributed by atoms with Crippen molar-refractivity contribution < 1.29 is 14.3 Å². The Morgan fingerprint density at radius 2 is 1.92 bits per heavy atom. The molecule has 0 saturated heterocycles. The molecule has 0 aliphatic carbocycles. The smallest absolute Gasteiger partial charge is 0.319 e. The van der Waals surface area contributed by atoms with E-state index in [2.05, 4.69) is 10.6 Å². The molecule has 0 saturated carbocycles. The molecule has 2 aromatic rings. The van der Waals surface area contributed by atoms with Crippen LogP contribution in [0.4, 0.5) is 10.5 Å². The minimum atomic E-state index is -0.353. The van der Waals surface area contributed by atoms with Crippen LogP contribution < -0.4 is 20.1 Å². The maximum atomic E-state index is 12.0. The number of methoxy groups -OCH3 is 1. The maximum absolute atomic E-state index is 12.0. The molecule has 2 rings (SSSR count). The van der Waals surface area contributed by atoms with Crippen LogP contribution in [0.1, 0.15) is 12.5 Å². The summed E-state index contributed by atoms with van der Waals surface area (Å²) in [5.41, 5.74) is 1.37. The molecule has 2 N–H and O–H groups in total. The van der Waals surface area contributed by atoms with Crippen molar-refractivity contribution in [2.75, 3.05) is 19.0 Å². The SMILES string of the molecule is CCOc1cc(NC(=O)NCc2ccc(Cl)cc2Cl)ccc1OC. The Morgan fingerprint density at radius 1 is 1.12 bits per heavy atom. The lowest BCUT2D eigenvalue weighted by Crippen LogP contribution is -2.28. The number of urea groups is 1. The molecule has 0 atom stereocenters. The van der Waals surface area contributed by atoms with Crippen molar-refractivity contribution in [3.63, 3.8) is 0 Å². The van der Waals surface area contributed by atoms with Crippen molar-refractivity contribution in [1.29, 1.82) is 0 Å². The number of ether oxygens (including phenoxy) is 2. The van der Waals surface area contributed by atoms with Gasteiger partial charge >= 0.3 is 6.03 Å². The van der Waals surface area contributed by atoms with Gasteiger partial charge < -0.3 is 20.1 Å². The van der Waals surface area contributed by atoms with Crippen molar-refractivity contribution >= 4 is 34.9 Å². The van der Waals surface area contributed by atoms with E-state index in [9.17, 15) is 4.79 Å². The number of carbonyl (C=O) groups is 1. The summed E-state index contributed by atoms with van der Waals surface area (Å²) in [6.45, 7) is 2.67. The molecule has 2 amide bonds. The minimum Gasteiger partial charge on any atom is -0.493 e. The number of halogens is 2. The normalized spacial score (nSPS) is 10.2. The summed E-state index contributed by atoms with van der Waals surface area (Å²) in [6, 6.07) is 9.94. The molecule has 2 aromatic carbocycles. The summed E-state index contributed by atoms with van der Waals surface area (Å²) >= 11 is 11.9. The average Bonchev–Trinajstić information content (AvgIpc) is 2.54. The van der Waals surface area contributed by atoms with Crippen molar-refractivity contribution in [2.24, 2.45) is 0 Å². The van der Waals surface area contributed by atoms with Crippen LogP contribution in [-0.4, -0.2) is 19.7 Å². The topological polar surface area (TPSA) is 59.6 Å². The van der Waals surface area contributed by atoms with E-state index in [0.717, 1.165) is 5.56 Å². The Hall–Kier alpha value is -2.11. The van der Waals surface area contributed by atoms with Crippen molar-refractivity contribution in [3.05, 3.63) is 52.0 Å². The first-order valence-corrected chi connectivity index (χ1v) is 8.08. The number of nitrogens with one attached hydrogen (secondary N) is 2. The summed E-state index contributed by atoms with van der Waals surface area (Å²) in [6.07, 6.45) is 0. The molecule has 128 valence electrons. The van der Waals surface area contributed by atoms with Crippen LogP contribution in [0.3, 0.4) is 0 Å². The molecule has 5 nitrogen and oxygen atoms in total. The predicted molar refractivity (Wildman–Crippen MR) is 96.5 cm³/mol. The molecule has 0 radical (unpaired) electrons. The van der Waals surface area contributed by atoms with Gasteiger partial charge in [-0.25, -0.2) is 4.79 Å². The highest BCUT2D eigenvalue weighted by molar-refractivity contribution is 6.35. The zero-order valence-electron chi connectivity index (χ0n) is 13.4. The lowest BCUT2D eigenvalue weighted by molar-refractivity contribution is 0.251. The average molecular weight is 369 g/mol. The first-order chi connectivity index (χ1) is 11.5. The minimum absolute atomic E-state index is 0.288. The molecule has 7 heteroatoms. The molecule has 0 spiro atoms. The van der Waals surface area contributed by atoms with E-state index >= 15 is 0 Å². The lowest BCUT2D eigenvalue weighted by atomic mass is 10.2. The fourth-order valence-corrected chi connectivity index (χ4v) is 2.51. The van der Waals surface area contributed by atoms with Crippen LogP contribution in [0.25, 0.3) is 0 Å². The molecule has 0 unspecified atom stereocenters. The molecule has 24 heavy (non-hydrogen) atoms. The van der Waals surface area contributed by atoms with E-state index in [1.165, 1.54) is 0 Å². The Kier molecular flexibility index (Phi) is 6.58. The van der Waals surface area contributed by atoms with Gasteiger partial charge in [0.15, 0.2) is 11.5 Å². The summed E-state index contributed by atoms with van der Waals surface area (Å²) < 4.78 is 10.7. The molecular weight excluding hydrogens is 351 g/mol. The van der Waals surface area contributed by atoms with Crippen LogP contribution in [0, 0.1) is 0 Å². The first-order valence-electron chi connectivity index (χ1n) is 7.33. The van der Waals surface area contributed by atoms with Gasteiger partial charge in [0.1, 0.15) is 0 Å². The lowest BCUT2D eigenvalue weighted by Gasteiger charge is -2.12. The molecule has 0 fully saturated rings. The van der Waals surface area contributed by atoms with E-state index in [4.69, 9.17) is 32.7 Å². The van der Waals surface area contributed by atoms with Gasteiger partial charge in [0.2, 0.25) is 0 Å². The van der Waals surface area contributed by atoms with E-state index < -0.39 is 0 Å². The summed E-state index contributed by atoms with van der Waals surface area (Å²) in [7, 11) is 1.56. The third-order valence-electron chi connectivity index (χ3n) is 3.18. The van der Waals surface area contributed by atoms with Gasteiger partial charge in [-0.3, -0.25) is 0 Å². The quantitative estimate of drug-likeness (QED) is 0.775. The summed E-state index contributed by atoms with van der Waals surface area (Å²) in [5.74, 6) is 1.18. The predicted octanol–water partition coefficient (Wildman–Crippen LogP) is 4.72. The monoisotopic (exact) mass is 368 g/mol. The van der Waals surface area contributed by atoms with Gasteiger partial charge in [0, 0.05) is 28.3 Å². The Morgan fingerprint density at radius 3 is 2.58 bits per heavy atom. The zero-order chi connectivity index (χ0) is 17.5. The number of anilines is 1. The van der Waals surface area contributed by atoms with Gasteiger partial charge in [-0.2, -0.15) is 0 Å². The Labute approximate surface area is 150 Å². The summed E-state index contributed by atoms with van der Waals surface area (Å²) in [5, 5.41) is 6.53. The highest BCUT2D eigenvalue weighted by Gasteiger charge is 2.08. The Balaban J connectivity index is 1.98. The van der Waals surface area contributed by atoms with Crippen LogP contribution in [0.15, 0.2) is 36.4 Å². The fraction of sp³-hybridized carbons (Fsp3) is 0.235. The van der Waals surface area contributed by atoms with Crippen molar-refractivity contribution in [3.8, 4) is 11.5 Å². The number of rotatable bonds is 6. The van der Waals surface area contributed by atoms with E-state index in [1.54, 1.807) is 43.5 Å². The number of carbonyl (C=O) groups excluding carboxylic acids is 1. The molecule has 0 bridgehead atoms. The van der Waals surface area contributed by atoms with Gasteiger partial charge in [0.05, 0.1) is 13.7 Å². The molecule has 0 aliphatic rings. The third kappa shape index (κ3) is 4.94. The summed E-state index contributed by atoms with van der Waals surface area (Å²) in [4.78, 5) is 12.0. The molecule has 0 aromatic heterocycles. The number of hydrogen-bond donors (Lipinski definition) is 2. The standard InChI is InChI=1S/C17H18Cl2N2O3/c1-3-24-16-9-13(6-7-15(16)23-2)21-17(22)20-10-11-4-5-12(18)8-14(11)19/h4-9H,3,10H2,1-2H3,(H2,20,21,22). The second kappa shape index (κ2) is 8.66. The first kappa shape index (κ1) is 18.2. The van der Waals surface area contributed by atoms with Gasteiger partial charge in [-0.1, -0.05) is 29.3 Å². The second-order valence-electron chi connectivity index (χ2n) is 4.84. The van der Waals surface area contributed by atoms with Gasteiger partial charge in [-0.05, 0) is 36.8 Å². The highest BCUT2D eigenvalue weighted by Crippen LogP contribution is 2.30. The number of benzene rings is 2. The van der Waals surface area contributed by atoms with Crippen LogP contribution in [0.5, 0.6) is 11.5 Å². The zero-order valence-corrected chi connectivity index (χ0v) is 14.9. The van der Waals surface area contributed by atoms with Crippen molar-refractivity contribution in [2.45, 2.75) is 13.5 Å². The van der Waals surface area contributed by atoms with Crippen molar-refractivity contribution in [1.82, 2.24) is 5.32 Å².